The first kappa shape index (κ1) is 19.4. The van der Waals surface area contributed by atoms with Crippen LogP contribution in [0.15, 0.2) is 48.5 Å². The Hall–Kier alpha value is -2.90. The number of carbonyl (C=O) groups excluding carboxylic acids is 2. The zero-order chi connectivity index (χ0) is 18.9. The van der Waals surface area contributed by atoms with Crippen LogP contribution in [-0.2, 0) is 9.53 Å². The molecule has 0 saturated heterocycles. The van der Waals surface area contributed by atoms with Gasteiger partial charge >= 0.3 is 6.03 Å². The van der Waals surface area contributed by atoms with Crippen LogP contribution < -0.4 is 21.7 Å². The van der Waals surface area contributed by atoms with Crippen molar-refractivity contribution in [3.63, 3.8) is 0 Å². The number of rotatable bonds is 7. The summed E-state index contributed by atoms with van der Waals surface area (Å²) in [5.41, 5.74) is 8.31. The number of urea groups is 1. The first-order chi connectivity index (χ1) is 12.5. The van der Waals surface area contributed by atoms with E-state index >= 15 is 0 Å². The van der Waals surface area contributed by atoms with Crippen molar-refractivity contribution in [3.05, 3.63) is 54.1 Å². The lowest BCUT2D eigenvalue weighted by molar-refractivity contribution is -0.118. The second-order valence-electron chi connectivity index (χ2n) is 5.82. The maximum absolute atomic E-state index is 12.1. The van der Waals surface area contributed by atoms with Gasteiger partial charge in [0.05, 0.1) is 12.5 Å². The van der Waals surface area contributed by atoms with Crippen molar-refractivity contribution in [2.75, 3.05) is 29.6 Å². The molecule has 1 atom stereocenters. The number of nitrogens with one attached hydrogen (secondary N) is 3. The third kappa shape index (κ3) is 5.87. The van der Waals surface area contributed by atoms with Gasteiger partial charge in [0, 0.05) is 30.7 Å². The Bertz CT molecular complexity index is 746. The Morgan fingerprint density at radius 3 is 2.38 bits per heavy atom. The minimum atomic E-state index is -0.361. The molecule has 0 aliphatic rings. The molecule has 0 spiro atoms. The van der Waals surface area contributed by atoms with Crippen molar-refractivity contribution in [2.45, 2.75) is 19.4 Å². The molecule has 0 aliphatic heterocycles. The predicted octanol–water partition coefficient (Wildman–Crippen LogP) is 2.94. The second-order valence-corrected chi connectivity index (χ2v) is 5.82. The Morgan fingerprint density at radius 1 is 1.04 bits per heavy atom. The molecule has 7 nitrogen and oxygen atoms in total. The zero-order valence-corrected chi connectivity index (χ0v) is 14.9. The highest BCUT2D eigenvalue weighted by molar-refractivity contribution is 6.00. The van der Waals surface area contributed by atoms with Crippen molar-refractivity contribution in [1.29, 1.82) is 0 Å². The minimum absolute atomic E-state index is 0.165. The third-order valence-electron chi connectivity index (χ3n) is 3.81. The molecule has 2 aromatic carbocycles. The van der Waals surface area contributed by atoms with Crippen LogP contribution in [0, 0.1) is 6.92 Å². The van der Waals surface area contributed by atoms with E-state index in [1.807, 2.05) is 31.2 Å². The van der Waals surface area contributed by atoms with Gasteiger partial charge in [0.2, 0.25) is 5.91 Å². The average molecular weight is 356 g/mol. The van der Waals surface area contributed by atoms with E-state index in [2.05, 4.69) is 16.0 Å². The number of methoxy groups -OCH3 is 1. The van der Waals surface area contributed by atoms with Crippen molar-refractivity contribution < 1.29 is 14.3 Å². The van der Waals surface area contributed by atoms with Crippen LogP contribution in [0.2, 0.25) is 0 Å². The van der Waals surface area contributed by atoms with Crippen LogP contribution in [0.3, 0.4) is 0 Å². The molecule has 26 heavy (non-hydrogen) atoms. The van der Waals surface area contributed by atoms with Gasteiger partial charge in [0.25, 0.3) is 0 Å². The first-order valence-electron chi connectivity index (χ1n) is 8.28. The molecule has 0 heterocycles. The van der Waals surface area contributed by atoms with Gasteiger partial charge in [-0.05, 0) is 36.8 Å². The van der Waals surface area contributed by atoms with Gasteiger partial charge in [-0.3, -0.25) is 4.79 Å². The predicted molar refractivity (Wildman–Crippen MR) is 103 cm³/mol. The Balaban J connectivity index is 2.00. The summed E-state index contributed by atoms with van der Waals surface area (Å²) < 4.78 is 5.12. The number of para-hydroxylation sites is 1. The lowest BCUT2D eigenvalue weighted by Crippen LogP contribution is -2.28. The molecule has 2 aromatic rings. The van der Waals surface area contributed by atoms with Crippen molar-refractivity contribution in [1.82, 2.24) is 0 Å². The third-order valence-corrected chi connectivity index (χ3v) is 3.81. The summed E-state index contributed by atoms with van der Waals surface area (Å²) in [5, 5.41) is 8.31. The van der Waals surface area contributed by atoms with Crippen molar-refractivity contribution in [3.8, 4) is 0 Å². The summed E-state index contributed by atoms with van der Waals surface area (Å²) in [7, 11) is 1.52. The summed E-state index contributed by atoms with van der Waals surface area (Å²) in [6, 6.07) is 14.1. The van der Waals surface area contributed by atoms with Gasteiger partial charge in [0.15, 0.2) is 0 Å². The summed E-state index contributed by atoms with van der Waals surface area (Å²) >= 11 is 0. The van der Waals surface area contributed by atoms with Gasteiger partial charge < -0.3 is 26.4 Å². The molecule has 5 N–H and O–H groups in total. The molecule has 0 aliphatic carbocycles. The van der Waals surface area contributed by atoms with E-state index in [0.717, 1.165) is 5.56 Å². The summed E-state index contributed by atoms with van der Waals surface area (Å²) in [6.07, 6.45) is -0.160. The molecule has 138 valence electrons. The van der Waals surface area contributed by atoms with Crippen LogP contribution in [0.1, 0.15) is 12.0 Å². The fraction of sp³-hybridized carbons (Fsp3) is 0.263. The Labute approximate surface area is 152 Å². The highest BCUT2D eigenvalue weighted by atomic mass is 16.5. The standard InChI is InChI=1S/C19H24N4O3/c1-13-8-9-15(22-19(25)21-14-6-4-3-5-7-14)10-17(13)23-18(24)11-16(12-20)26-2/h3-10,16H,11-12,20H2,1-2H3,(H,23,24)(H2,21,22,25). The van der Waals surface area contributed by atoms with Gasteiger partial charge in [-0.2, -0.15) is 0 Å². The molecule has 0 radical (unpaired) electrons. The number of hydrogen-bond acceptors (Lipinski definition) is 4. The highest BCUT2D eigenvalue weighted by Gasteiger charge is 2.13. The van der Waals surface area contributed by atoms with E-state index in [0.29, 0.717) is 17.1 Å². The molecule has 2 rings (SSSR count). The number of amides is 3. The van der Waals surface area contributed by atoms with E-state index in [1.165, 1.54) is 7.11 Å². The summed E-state index contributed by atoms with van der Waals surface area (Å²) in [4.78, 5) is 24.2. The zero-order valence-electron chi connectivity index (χ0n) is 14.9. The number of ether oxygens (including phenoxy) is 1. The number of hydrogen-bond donors (Lipinski definition) is 4. The quantitative estimate of drug-likeness (QED) is 0.612. The molecule has 0 aromatic heterocycles. The highest BCUT2D eigenvalue weighted by Crippen LogP contribution is 2.21. The summed E-state index contributed by atoms with van der Waals surface area (Å²) in [6.45, 7) is 2.14. The number of nitrogens with two attached hydrogens (primary N) is 1. The van der Waals surface area contributed by atoms with Gasteiger partial charge in [0.1, 0.15) is 0 Å². The normalized spacial score (nSPS) is 11.5. The second kappa shape index (κ2) is 9.55. The van der Waals surface area contributed by atoms with E-state index in [-0.39, 0.29) is 31.0 Å². The maximum atomic E-state index is 12.1. The molecule has 0 saturated carbocycles. The van der Waals surface area contributed by atoms with E-state index in [1.54, 1.807) is 24.3 Å². The first-order valence-corrected chi connectivity index (χ1v) is 8.28. The van der Waals surface area contributed by atoms with E-state index in [4.69, 9.17) is 10.5 Å². The summed E-state index contributed by atoms with van der Waals surface area (Å²) in [5.74, 6) is -0.198. The fourth-order valence-electron chi connectivity index (χ4n) is 2.32. The van der Waals surface area contributed by atoms with Crippen LogP contribution in [0.5, 0.6) is 0 Å². The van der Waals surface area contributed by atoms with E-state index in [9.17, 15) is 9.59 Å². The topological polar surface area (TPSA) is 105 Å². The Morgan fingerprint density at radius 2 is 1.73 bits per heavy atom. The lowest BCUT2D eigenvalue weighted by atomic mass is 10.1. The number of carbonyl (C=O) groups is 2. The van der Waals surface area contributed by atoms with Gasteiger partial charge in [-0.25, -0.2) is 4.79 Å². The average Bonchev–Trinajstić information content (AvgIpc) is 2.63. The number of aryl methyl sites for hydroxylation is 1. The molecular weight excluding hydrogens is 332 g/mol. The monoisotopic (exact) mass is 356 g/mol. The largest absolute Gasteiger partial charge is 0.380 e. The Kier molecular flexibility index (Phi) is 7.13. The molecule has 0 bridgehead atoms. The number of anilines is 3. The van der Waals surface area contributed by atoms with Crippen LogP contribution in [0.25, 0.3) is 0 Å². The molecular formula is C19H24N4O3. The fourth-order valence-corrected chi connectivity index (χ4v) is 2.32. The lowest BCUT2D eigenvalue weighted by Gasteiger charge is -2.15. The van der Waals surface area contributed by atoms with Crippen LogP contribution in [0.4, 0.5) is 21.9 Å². The van der Waals surface area contributed by atoms with Crippen LogP contribution in [-0.4, -0.2) is 31.7 Å². The van der Waals surface area contributed by atoms with Gasteiger partial charge in [-0.1, -0.05) is 24.3 Å². The molecule has 7 heteroatoms. The SMILES string of the molecule is COC(CN)CC(=O)Nc1cc(NC(=O)Nc2ccccc2)ccc1C. The van der Waals surface area contributed by atoms with Crippen molar-refractivity contribution in [2.24, 2.45) is 5.73 Å². The molecule has 1 unspecified atom stereocenters. The maximum Gasteiger partial charge on any atom is 0.323 e. The van der Waals surface area contributed by atoms with Crippen LogP contribution >= 0.6 is 0 Å². The van der Waals surface area contributed by atoms with E-state index < -0.39 is 0 Å². The molecule has 0 fully saturated rings. The van der Waals surface area contributed by atoms with Crippen molar-refractivity contribution >= 4 is 29.0 Å². The number of benzene rings is 2. The minimum Gasteiger partial charge on any atom is -0.380 e. The van der Waals surface area contributed by atoms with Gasteiger partial charge in [-0.15, -0.1) is 0 Å². The smallest absolute Gasteiger partial charge is 0.323 e. The molecule has 3 amide bonds.